The first-order valence-electron chi connectivity index (χ1n) is 8.58. The predicted octanol–water partition coefficient (Wildman–Crippen LogP) is 3.29. The Balaban J connectivity index is 2.64. The Labute approximate surface area is 126 Å². The molecule has 0 aromatic carbocycles. The molecule has 1 N–H and O–H groups in total. The van der Waals surface area contributed by atoms with Crippen LogP contribution in [0, 0.1) is 5.92 Å². The van der Waals surface area contributed by atoms with E-state index in [0.717, 1.165) is 19.1 Å². The average molecular weight is 284 g/mol. The maximum absolute atomic E-state index is 5.34. The number of hydrogen-bond donors (Lipinski definition) is 1. The molecule has 4 atom stereocenters. The number of methoxy groups -OCH3 is 1. The summed E-state index contributed by atoms with van der Waals surface area (Å²) in [5.41, 5.74) is 0. The molecule has 0 aliphatic heterocycles. The summed E-state index contributed by atoms with van der Waals surface area (Å²) in [7, 11) is 4.08. The molecule has 120 valence electrons. The van der Waals surface area contributed by atoms with E-state index in [0.29, 0.717) is 18.1 Å². The van der Waals surface area contributed by atoms with E-state index in [1.165, 1.54) is 38.5 Å². The van der Waals surface area contributed by atoms with Gasteiger partial charge in [0.15, 0.2) is 0 Å². The van der Waals surface area contributed by atoms with Crippen LogP contribution in [-0.2, 0) is 4.74 Å². The zero-order valence-electron chi connectivity index (χ0n) is 14.3. The van der Waals surface area contributed by atoms with Crippen molar-refractivity contribution in [2.24, 2.45) is 5.92 Å². The predicted molar refractivity (Wildman–Crippen MR) is 87.2 cm³/mol. The first-order chi connectivity index (χ1) is 9.63. The van der Waals surface area contributed by atoms with Crippen LogP contribution in [0.25, 0.3) is 0 Å². The number of likely N-dealkylation sites (N-methyl/N-ethyl adjacent to an activating group) is 1. The summed E-state index contributed by atoms with van der Waals surface area (Å²) in [5.74, 6) is 0.918. The van der Waals surface area contributed by atoms with Crippen LogP contribution < -0.4 is 5.32 Å². The average Bonchev–Trinajstić information content (AvgIpc) is 2.45. The topological polar surface area (TPSA) is 24.5 Å². The minimum Gasteiger partial charge on any atom is -0.383 e. The smallest absolute Gasteiger partial charge is 0.0615 e. The lowest BCUT2D eigenvalue weighted by Gasteiger charge is -2.44. The molecule has 0 radical (unpaired) electrons. The molecule has 1 aliphatic rings. The van der Waals surface area contributed by atoms with Crippen molar-refractivity contribution in [2.75, 3.05) is 27.3 Å². The van der Waals surface area contributed by atoms with Crippen LogP contribution in [0.3, 0.4) is 0 Å². The van der Waals surface area contributed by atoms with Crippen LogP contribution in [0.15, 0.2) is 0 Å². The largest absolute Gasteiger partial charge is 0.383 e. The molecule has 0 bridgehead atoms. The van der Waals surface area contributed by atoms with Gasteiger partial charge in [0, 0.05) is 25.2 Å². The standard InChI is InChI=1S/C17H36N2O/c1-6-8-15-9-10-16(18-11-7-2)17(12-15)19(4)14(3)13-20-5/h14-18H,6-13H2,1-5H3. The van der Waals surface area contributed by atoms with Crippen LogP contribution in [0.1, 0.15) is 59.3 Å². The molecule has 0 spiro atoms. The molecule has 1 fully saturated rings. The Morgan fingerprint density at radius 3 is 2.60 bits per heavy atom. The number of hydrogen-bond acceptors (Lipinski definition) is 3. The molecule has 20 heavy (non-hydrogen) atoms. The minimum absolute atomic E-state index is 0.497. The SMILES string of the molecule is CCCNC1CCC(CCC)CC1N(C)C(C)COC. The van der Waals surface area contributed by atoms with Crippen molar-refractivity contribution in [1.82, 2.24) is 10.2 Å². The maximum Gasteiger partial charge on any atom is 0.0615 e. The summed E-state index contributed by atoms with van der Waals surface area (Å²) in [6.45, 7) is 8.82. The zero-order valence-corrected chi connectivity index (χ0v) is 14.3. The molecular formula is C17H36N2O. The number of nitrogens with zero attached hydrogens (tertiary/aromatic N) is 1. The monoisotopic (exact) mass is 284 g/mol. The second-order valence-electron chi connectivity index (χ2n) is 6.57. The fourth-order valence-electron chi connectivity index (χ4n) is 3.61. The highest BCUT2D eigenvalue weighted by Gasteiger charge is 2.33. The molecule has 0 heterocycles. The van der Waals surface area contributed by atoms with Gasteiger partial charge in [0.05, 0.1) is 6.61 Å². The Hall–Kier alpha value is -0.120. The van der Waals surface area contributed by atoms with Gasteiger partial charge in [0.1, 0.15) is 0 Å². The summed E-state index contributed by atoms with van der Waals surface area (Å²) in [6, 6.07) is 1.82. The molecule has 0 aromatic heterocycles. The van der Waals surface area contributed by atoms with Crippen molar-refractivity contribution in [3.63, 3.8) is 0 Å². The molecule has 0 saturated heterocycles. The van der Waals surface area contributed by atoms with E-state index in [1.807, 2.05) is 0 Å². The van der Waals surface area contributed by atoms with Crippen molar-refractivity contribution in [2.45, 2.75) is 77.4 Å². The van der Waals surface area contributed by atoms with E-state index in [1.54, 1.807) is 7.11 Å². The molecule has 1 aliphatic carbocycles. The second-order valence-corrected chi connectivity index (χ2v) is 6.57. The van der Waals surface area contributed by atoms with Gasteiger partial charge in [0.2, 0.25) is 0 Å². The normalized spacial score (nSPS) is 28.8. The van der Waals surface area contributed by atoms with Crippen LogP contribution in [0.4, 0.5) is 0 Å². The van der Waals surface area contributed by atoms with Crippen molar-refractivity contribution in [1.29, 1.82) is 0 Å². The number of rotatable bonds is 9. The lowest BCUT2D eigenvalue weighted by Crippen LogP contribution is -2.55. The zero-order chi connectivity index (χ0) is 15.0. The van der Waals surface area contributed by atoms with E-state index in [9.17, 15) is 0 Å². The summed E-state index contributed by atoms with van der Waals surface area (Å²) in [4.78, 5) is 2.55. The molecule has 1 rings (SSSR count). The van der Waals surface area contributed by atoms with Gasteiger partial charge in [-0.15, -0.1) is 0 Å². The van der Waals surface area contributed by atoms with E-state index >= 15 is 0 Å². The molecule has 1 saturated carbocycles. The van der Waals surface area contributed by atoms with Crippen molar-refractivity contribution in [3.05, 3.63) is 0 Å². The summed E-state index contributed by atoms with van der Waals surface area (Å²) in [5, 5.41) is 3.78. The second kappa shape index (κ2) is 9.75. The lowest BCUT2D eigenvalue weighted by atomic mass is 9.79. The quantitative estimate of drug-likeness (QED) is 0.703. The minimum atomic E-state index is 0.497. The highest BCUT2D eigenvalue weighted by Crippen LogP contribution is 2.31. The third-order valence-corrected chi connectivity index (χ3v) is 4.90. The fourth-order valence-corrected chi connectivity index (χ4v) is 3.61. The summed E-state index contributed by atoms with van der Waals surface area (Å²) in [6.07, 6.45) is 8.02. The van der Waals surface area contributed by atoms with Crippen LogP contribution >= 0.6 is 0 Å². The van der Waals surface area contributed by atoms with Gasteiger partial charge in [-0.25, -0.2) is 0 Å². The Morgan fingerprint density at radius 2 is 2.00 bits per heavy atom. The Bertz CT molecular complexity index is 241. The van der Waals surface area contributed by atoms with Gasteiger partial charge in [-0.1, -0.05) is 26.7 Å². The van der Waals surface area contributed by atoms with Crippen molar-refractivity contribution >= 4 is 0 Å². The number of ether oxygens (including phenoxy) is 1. The van der Waals surface area contributed by atoms with Gasteiger partial charge >= 0.3 is 0 Å². The molecular weight excluding hydrogens is 248 g/mol. The molecule has 3 nitrogen and oxygen atoms in total. The molecule has 0 amide bonds. The fraction of sp³-hybridized carbons (Fsp3) is 1.00. The first-order valence-corrected chi connectivity index (χ1v) is 8.58. The molecule has 4 unspecified atom stereocenters. The Morgan fingerprint density at radius 1 is 1.25 bits per heavy atom. The van der Waals surface area contributed by atoms with E-state index < -0.39 is 0 Å². The van der Waals surface area contributed by atoms with Crippen LogP contribution in [-0.4, -0.2) is 50.3 Å². The van der Waals surface area contributed by atoms with Gasteiger partial charge in [-0.05, 0) is 52.1 Å². The van der Waals surface area contributed by atoms with Gasteiger partial charge in [0.25, 0.3) is 0 Å². The highest BCUT2D eigenvalue weighted by molar-refractivity contribution is 4.91. The highest BCUT2D eigenvalue weighted by atomic mass is 16.5. The first kappa shape index (κ1) is 17.9. The van der Waals surface area contributed by atoms with Crippen molar-refractivity contribution in [3.8, 4) is 0 Å². The Kier molecular flexibility index (Phi) is 8.74. The van der Waals surface area contributed by atoms with E-state index in [4.69, 9.17) is 4.74 Å². The van der Waals surface area contributed by atoms with Gasteiger partial charge in [-0.3, -0.25) is 4.90 Å². The number of nitrogens with one attached hydrogen (secondary N) is 1. The van der Waals surface area contributed by atoms with Crippen molar-refractivity contribution < 1.29 is 4.74 Å². The van der Waals surface area contributed by atoms with Gasteiger partial charge < -0.3 is 10.1 Å². The van der Waals surface area contributed by atoms with E-state index in [-0.39, 0.29) is 0 Å². The van der Waals surface area contributed by atoms with E-state index in [2.05, 4.69) is 38.0 Å². The maximum atomic E-state index is 5.34. The third kappa shape index (κ3) is 5.34. The summed E-state index contributed by atoms with van der Waals surface area (Å²) >= 11 is 0. The van der Waals surface area contributed by atoms with Crippen LogP contribution in [0.2, 0.25) is 0 Å². The van der Waals surface area contributed by atoms with Crippen LogP contribution in [0.5, 0.6) is 0 Å². The lowest BCUT2D eigenvalue weighted by molar-refractivity contribution is 0.0472. The molecule has 0 aromatic rings. The van der Waals surface area contributed by atoms with Gasteiger partial charge in [-0.2, -0.15) is 0 Å². The third-order valence-electron chi connectivity index (χ3n) is 4.90. The molecule has 3 heteroatoms. The summed E-state index contributed by atoms with van der Waals surface area (Å²) < 4.78 is 5.34.